The van der Waals surface area contributed by atoms with Crippen LogP contribution in [0, 0.1) is 0 Å². The number of benzene rings is 1. The zero-order valence-electron chi connectivity index (χ0n) is 7.09. The third-order valence-corrected chi connectivity index (χ3v) is 2.65. The number of rotatable bonds is 2. The van der Waals surface area contributed by atoms with E-state index in [-0.39, 0.29) is 0 Å². The summed E-state index contributed by atoms with van der Waals surface area (Å²) >= 11 is 0. The fourth-order valence-electron chi connectivity index (χ4n) is 1.59. The summed E-state index contributed by atoms with van der Waals surface area (Å²) in [6.45, 7) is 0. The summed E-state index contributed by atoms with van der Waals surface area (Å²) in [4.78, 5) is 0. The van der Waals surface area contributed by atoms with E-state index >= 15 is 0 Å². The molecule has 1 aliphatic rings. The highest BCUT2D eigenvalue weighted by Crippen LogP contribution is 2.36. The highest BCUT2D eigenvalue weighted by atomic mass is 15.2. The number of nitrogens with two attached hydrogens (primary N) is 1. The van der Waals surface area contributed by atoms with Crippen molar-refractivity contribution in [3.63, 3.8) is 0 Å². The number of nitrogens with one attached hydrogen (secondary N) is 1. The first-order valence-electron chi connectivity index (χ1n) is 4.47. The number of hydrogen-bond acceptors (Lipinski definition) is 2. The van der Waals surface area contributed by atoms with Gasteiger partial charge < -0.3 is 5.43 Å². The first-order valence-corrected chi connectivity index (χ1v) is 4.47. The molecule has 0 radical (unpaired) electrons. The second-order valence-electron chi connectivity index (χ2n) is 3.39. The summed E-state index contributed by atoms with van der Waals surface area (Å²) in [5, 5.41) is 0. The van der Waals surface area contributed by atoms with E-state index in [1.165, 1.54) is 24.8 Å². The quantitative estimate of drug-likeness (QED) is 0.517. The minimum atomic E-state index is 0.817. The number of hydrogen-bond donors (Lipinski definition) is 2. The predicted molar refractivity (Wildman–Crippen MR) is 50.8 cm³/mol. The van der Waals surface area contributed by atoms with Crippen LogP contribution in [0.15, 0.2) is 24.3 Å². The monoisotopic (exact) mass is 162 g/mol. The van der Waals surface area contributed by atoms with Crippen molar-refractivity contribution in [2.75, 3.05) is 5.43 Å². The number of nitrogen functional groups attached to an aromatic ring is 1. The van der Waals surface area contributed by atoms with Gasteiger partial charge in [-0.1, -0.05) is 18.6 Å². The maximum atomic E-state index is 5.27. The van der Waals surface area contributed by atoms with E-state index in [2.05, 4.69) is 17.6 Å². The molecule has 2 heteroatoms. The Bertz CT molecular complexity index is 249. The summed E-state index contributed by atoms with van der Waals surface area (Å²) in [5.41, 5.74) is 5.07. The second-order valence-corrected chi connectivity index (χ2v) is 3.39. The van der Waals surface area contributed by atoms with Crippen LogP contribution in [0.2, 0.25) is 0 Å². The van der Waals surface area contributed by atoms with Crippen LogP contribution in [-0.2, 0) is 0 Å². The highest BCUT2D eigenvalue weighted by Gasteiger charge is 2.18. The van der Waals surface area contributed by atoms with Crippen LogP contribution in [0.1, 0.15) is 30.7 Å². The molecule has 1 aromatic carbocycles. The fourth-order valence-corrected chi connectivity index (χ4v) is 1.59. The molecule has 2 rings (SSSR count). The molecular formula is C10H14N2. The van der Waals surface area contributed by atoms with Crippen LogP contribution < -0.4 is 11.3 Å². The van der Waals surface area contributed by atoms with Gasteiger partial charge >= 0.3 is 0 Å². The fraction of sp³-hybridized carbons (Fsp3) is 0.400. The van der Waals surface area contributed by atoms with E-state index < -0.39 is 0 Å². The van der Waals surface area contributed by atoms with E-state index in [4.69, 9.17) is 5.84 Å². The van der Waals surface area contributed by atoms with E-state index in [9.17, 15) is 0 Å². The minimum Gasteiger partial charge on any atom is -0.324 e. The third-order valence-electron chi connectivity index (χ3n) is 2.65. The Morgan fingerprint density at radius 3 is 2.25 bits per heavy atom. The van der Waals surface area contributed by atoms with Gasteiger partial charge in [0.15, 0.2) is 0 Å². The van der Waals surface area contributed by atoms with Crippen LogP contribution in [0.25, 0.3) is 0 Å². The molecule has 2 nitrogen and oxygen atoms in total. The van der Waals surface area contributed by atoms with Crippen LogP contribution in [0.4, 0.5) is 5.69 Å². The van der Waals surface area contributed by atoms with Crippen molar-refractivity contribution in [3.05, 3.63) is 29.8 Å². The zero-order valence-corrected chi connectivity index (χ0v) is 7.09. The summed E-state index contributed by atoms with van der Waals surface area (Å²) in [7, 11) is 0. The lowest BCUT2D eigenvalue weighted by Gasteiger charge is -2.25. The van der Waals surface area contributed by atoms with Crippen molar-refractivity contribution in [2.45, 2.75) is 25.2 Å². The third kappa shape index (κ3) is 1.30. The molecule has 1 fully saturated rings. The minimum absolute atomic E-state index is 0.817. The zero-order chi connectivity index (χ0) is 8.39. The molecule has 0 saturated heterocycles. The van der Waals surface area contributed by atoms with Crippen LogP contribution in [0.5, 0.6) is 0 Å². The summed E-state index contributed by atoms with van der Waals surface area (Å²) in [6.07, 6.45) is 4.10. The van der Waals surface area contributed by atoms with Crippen LogP contribution >= 0.6 is 0 Å². The molecular weight excluding hydrogens is 148 g/mol. The standard InChI is InChI=1S/C10H14N2/c11-12-10-6-4-9(5-7-10)8-2-1-3-8/h4-8,12H,1-3,11H2. The lowest BCUT2D eigenvalue weighted by molar-refractivity contribution is 0.420. The average Bonchev–Trinajstić information content (AvgIpc) is 2.03. The van der Waals surface area contributed by atoms with Crippen molar-refractivity contribution in [1.82, 2.24) is 0 Å². The van der Waals surface area contributed by atoms with Gasteiger partial charge in [-0.2, -0.15) is 0 Å². The molecule has 0 atom stereocenters. The summed E-state index contributed by atoms with van der Waals surface area (Å²) in [5.74, 6) is 6.09. The van der Waals surface area contributed by atoms with E-state index in [1.54, 1.807) is 0 Å². The van der Waals surface area contributed by atoms with Crippen molar-refractivity contribution >= 4 is 5.69 Å². The first kappa shape index (κ1) is 7.62. The Morgan fingerprint density at radius 1 is 1.17 bits per heavy atom. The molecule has 0 heterocycles. The Labute approximate surface area is 72.7 Å². The van der Waals surface area contributed by atoms with Crippen molar-refractivity contribution in [1.29, 1.82) is 0 Å². The van der Waals surface area contributed by atoms with Gasteiger partial charge in [0.2, 0.25) is 0 Å². The topological polar surface area (TPSA) is 38.0 Å². The molecule has 3 N–H and O–H groups in total. The Balaban J connectivity index is 2.13. The number of hydrazine groups is 1. The molecule has 0 amide bonds. The van der Waals surface area contributed by atoms with Gasteiger partial charge in [0.1, 0.15) is 0 Å². The lowest BCUT2D eigenvalue weighted by atomic mass is 9.80. The summed E-state index contributed by atoms with van der Waals surface area (Å²) in [6, 6.07) is 8.40. The number of anilines is 1. The van der Waals surface area contributed by atoms with Gasteiger partial charge in [0.05, 0.1) is 0 Å². The molecule has 64 valence electrons. The van der Waals surface area contributed by atoms with E-state index in [0.717, 1.165) is 11.6 Å². The van der Waals surface area contributed by atoms with E-state index in [0.29, 0.717) is 0 Å². The molecule has 12 heavy (non-hydrogen) atoms. The lowest BCUT2D eigenvalue weighted by Crippen LogP contribution is -2.09. The van der Waals surface area contributed by atoms with Gasteiger partial charge in [-0.15, -0.1) is 0 Å². The first-order chi connectivity index (χ1) is 5.90. The van der Waals surface area contributed by atoms with E-state index in [1.807, 2.05) is 12.1 Å². The van der Waals surface area contributed by atoms with Crippen molar-refractivity contribution in [2.24, 2.45) is 5.84 Å². The van der Waals surface area contributed by atoms with Gasteiger partial charge in [-0.25, -0.2) is 0 Å². The molecule has 1 aromatic rings. The molecule has 1 saturated carbocycles. The highest BCUT2D eigenvalue weighted by molar-refractivity contribution is 5.44. The largest absolute Gasteiger partial charge is 0.324 e. The molecule has 0 unspecified atom stereocenters. The predicted octanol–water partition coefficient (Wildman–Crippen LogP) is 2.24. The van der Waals surface area contributed by atoms with Gasteiger partial charge in [-0.05, 0) is 36.5 Å². The Kier molecular flexibility index (Phi) is 2.00. The summed E-state index contributed by atoms with van der Waals surface area (Å²) < 4.78 is 0. The average molecular weight is 162 g/mol. The Morgan fingerprint density at radius 2 is 1.83 bits per heavy atom. The Hall–Kier alpha value is -1.02. The van der Waals surface area contributed by atoms with Crippen molar-refractivity contribution in [3.8, 4) is 0 Å². The molecule has 0 spiro atoms. The smallest absolute Gasteiger partial charge is 0.0485 e. The molecule has 0 bridgehead atoms. The maximum Gasteiger partial charge on any atom is 0.0485 e. The SMILES string of the molecule is NNc1ccc(C2CCC2)cc1. The van der Waals surface area contributed by atoms with Gasteiger partial charge in [0, 0.05) is 5.69 Å². The molecule has 1 aliphatic carbocycles. The van der Waals surface area contributed by atoms with Crippen LogP contribution in [0.3, 0.4) is 0 Å². The molecule has 0 aliphatic heterocycles. The second kappa shape index (κ2) is 3.15. The van der Waals surface area contributed by atoms with Crippen molar-refractivity contribution < 1.29 is 0 Å². The van der Waals surface area contributed by atoms with Gasteiger partial charge in [0.25, 0.3) is 0 Å². The maximum absolute atomic E-state index is 5.27. The van der Waals surface area contributed by atoms with Crippen LogP contribution in [-0.4, -0.2) is 0 Å². The normalized spacial score (nSPS) is 17.1. The molecule has 0 aromatic heterocycles. The van der Waals surface area contributed by atoms with Gasteiger partial charge in [-0.3, -0.25) is 5.84 Å².